The highest BCUT2D eigenvalue weighted by molar-refractivity contribution is 6.16. The van der Waals surface area contributed by atoms with Crippen LogP contribution >= 0.6 is 0 Å². The summed E-state index contributed by atoms with van der Waals surface area (Å²) >= 11 is 0. The molecule has 1 aliphatic rings. The summed E-state index contributed by atoms with van der Waals surface area (Å²) in [4.78, 5) is 17.2. The molecule has 21 heavy (non-hydrogen) atoms. The van der Waals surface area contributed by atoms with Gasteiger partial charge in [0.05, 0.1) is 12.2 Å². The summed E-state index contributed by atoms with van der Waals surface area (Å²) in [6.45, 7) is 0.641. The second kappa shape index (κ2) is 4.70. The van der Waals surface area contributed by atoms with E-state index in [-0.39, 0.29) is 5.78 Å². The number of nitrogens with zero attached hydrogens (tertiary/aromatic N) is 1. The first-order valence-corrected chi connectivity index (χ1v) is 6.98. The number of carbonyl (C=O) groups is 1. The van der Waals surface area contributed by atoms with Crippen molar-refractivity contribution in [2.24, 2.45) is 0 Å². The van der Waals surface area contributed by atoms with Crippen LogP contribution in [0.15, 0.2) is 54.7 Å². The van der Waals surface area contributed by atoms with E-state index in [1.165, 1.54) is 0 Å². The molecule has 0 unspecified atom stereocenters. The predicted molar refractivity (Wildman–Crippen MR) is 80.8 cm³/mol. The molecule has 0 saturated heterocycles. The van der Waals surface area contributed by atoms with Gasteiger partial charge in [0.1, 0.15) is 11.4 Å². The molecule has 0 fully saturated rings. The third-order valence-electron chi connectivity index (χ3n) is 3.85. The van der Waals surface area contributed by atoms with Gasteiger partial charge in [0, 0.05) is 18.0 Å². The molecule has 0 aliphatic carbocycles. The molecular weight excluding hydrogens is 262 g/mol. The van der Waals surface area contributed by atoms with Crippen molar-refractivity contribution < 1.29 is 9.53 Å². The second-order valence-corrected chi connectivity index (χ2v) is 5.10. The maximum atomic E-state index is 12.9. The molecule has 1 aliphatic heterocycles. The number of para-hydroxylation sites is 1. The molecular formula is C18H13NO2. The zero-order valence-corrected chi connectivity index (χ0v) is 11.4. The molecule has 0 N–H and O–H groups in total. The van der Waals surface area contributed by atoms with E-state index in [1.54, 1.807) is 6.20 Å². The Balaban J connectivity index is 1.90. The standard InChI is InChI=1S/C18H13NO2/c20-17(15-7-3-5-13-9-11-21-18(13)15)16-14-6-2-1-4-12(14)8-10-19-16/h1-8,10H,9,11H2. The van der Waals surface area contributed by atoms with Crippen LogP contribution in [0.5, 0.6) is 5.75 Å². The fraction of sp³-hybridized carbons (Fsp3) is 0.111. The fourth-order valence-electron chi connectivity index (χ4n) is 2.82. The number of hydrogen-bond acceptors (Lipinski definition) is 3. The molecule has 0 amide bonds. The van der Waals surface area contributed by atoms with Crippen molar-refractivity contribution in [3.8, 4) is 5.75 Å². The molecule has 0 spiro atoms. The van der Waals surface area contributed by atoms with Gasteiger partial charge in [-0.3, -0.25) is 9.78 Å². The Morgan fingerprint density at radius 3 is 2.90 bits per heavy atom. The summed E-state index contributed by atoms with van der Waals surface area (Å²) in [5.41, 5.74) is 2.19. The predicted octanol–water partition coefficient (Wildman–Crippen LogP) is 3.40. The normalized spacial score (nSPS) is 13.0. The van der Waals surface area contributed by atoms with Crippen LogP contribution in [0.1, 0.15) is 21.6 Å². The summed E-state index contributed by atoms with van der Waals surface area (Å²) < 4.78 is 5.64. The van der Waals surface area contributed by atoms with E-state index in [4.69, 9.17) is 4.74 Å². The molecule has 3 heteroatoms. The van der Waals surface area contributed by atoms with Crippen LogP contribution in [0, 0.1) is 0 Å². The van der Waals surface area contributed by atoms with E-state index in [2.05, 4.69) is 4.98 Å². The van der Waals surface area contributed by atoms with E-state index in [0.29, 0.717) is 17.9 Å². The Bertz CT molecular complexity index is 849. The summed E-state index contributed by atoms with van der Waals surface area (Å²) in [7, 11) is 0. The van der Waals surface area contributed by atoms with E-state index >= 15 is 0 Å². The molecule has 0 atom stereocenters. The first-order chi connectivity index (χ1) is 10.3. The number of hydrogen-bond donors (Lipinski definition) is 0. The number of carbonyl (C=O) groups excluding carboxylic acids is 1. The number of fused-ring (bicyclic) bond motifs is 2. The first kappa shape index (κ1) is 12.1. The van der Waals surface area contributed by atoms with Gasteiger partial charge in [-0.2, -0.15) is 0 Å². The van der Waals surface area contributed by atoms with E-state index in [1.807, 2.05) is 48.5 Å². The summed E-state index contributed by atoms with van der Waals surface area (Å²) in [5, 5.41) is 1.89. The second-order valence-electron chi connectivity index (χ2n) is 5.10. The highest BCUT2D eigenvalue weighted by atomic mass is 16.5. The van der Waals surface area contributed by atoms with Gasteiger partial charge in [-0.25, -0.2) is 0 Å². The van der Waals surface area contributed by atoms with Crippen LogP contribution in [0.2, 0.25) is 0 Å². The van der Waals surface area contributed by atoms with Crippen LogP contribution < -0.4 is 4.74 Å². The molecule has 2 aromatic carbocycles. The molecule has 1 aromatic heterocycles. The minimum Gasteiger partial charge on any atom is -0.492 e. The van der Waals surface area contributed by atoms with E-state index in [9.17, 15) is 4.79 Å². The molecule has 102 valence electrons. The van der Waals surface area contributed by atoms with Crippen molar-refractivity contribution in [3.05, 3.63) is 71.5 Å². The Kier molecular flexibility index (Phi) is 2.71. The quantitative estimate of drug-likeness (QED) is 0.673. The van der Waals surface area contributed by atoms with Crippen molar-refractivity contribution in [2.45, 2.75) is 6.42 Å². The minimum absolute atomic E-state index is 0.0782. The zero-order valence-electron chi connectivity index (χ0n) is 11.4. The smallest absolute Gasteiger partial charge is 0.215 e. The molecule has 2 heterocycles. The van der Waals surface area contributed by atoms with E-state index in [0.717, 1.165) is 28.5 Å². The molecule has 0 saturated carbocycles. The van der Waals surface area contributed by atoms with Crippen molar-refractivity contribution in [2.75, 3.05) is 6.61 Å². The number of aromatic nitrogens is 1. The molecule has 0 radical (unpaired) electrons. The van der Waals surface area contributed by atoms with Gasteiger partial charge in [-0.1, -0.05) is 36.4 Å². The first-order valence-electron chi connectivity index (χ1n) is 6.98. The fourth-order valence-corrected chi connectivity index (χ4v) is 2.82. The van der Waals surface area contributed by atoms with Gasteiger partial charge >= 0.3 is 0 Å². The van der Waals surface area contributed by atoms with Gasteiger partial charge in [0.25, 0.3) is 0 Å². The summed E-state index contributed by atoms with van der Waals surface area (Å²) in [6.07, 6.45) is 2.54. The SMILES string of the molecule is O=C(c1cccc2c1OCC2)c1nccc2ccccc12. The Morgan fingerprint density at radius 1 is 1.05 bits per heavy atom. The number of benzene rings is 2. The largest absolute Gasteiger partial charge is 0.492 e. The highest BCUT2D eigenvalue weighted by Gasteiger charge is 2.23. The highest BCUT2D eigenvalue weighted by Crippen LogP contribution is 2.31. The third kappa shape index (κ3) is 1.89. The lowest BCUT2D eigenvalue weighted by atomic mass is 9.99. The molecule has 3 nitrogen and oxygen atoms in total. The minimum atomic E-state index is -0.0782. The van der Waals surface area contributed by atoms with Crippen molar-refractivity contribution in [3.63, 3.8) is 0 Å². The van der Waals surface area contributed by atoms with Crippen LogP contribution in [0.25, 0.3) is 10.8 Å². The number of pyridine rings is 1. The maximum Gasteiger partial charge on any atom is 0.215 e. The lowest BCUT2D eigenvalue weighted by molar-refractivity contribution is 0.103. The van der Waals surface area contributed by atoms with Gasteiger partial charge < -0.3 is 4.74 Å². The van der Waals surface area contributed by atoms with E-state index < -0.39 is 0 Å². The average molecular weight is 275 g/mol. The van der Waals surface area contributed by atoms with Gasteiger partial charge in [-0.15, -0.1) is 0 Å². The topological polar surface area (TPSA) is 39.2 Å². The van der Waals surface area contributed by atoms with Crippen molar-refractivity contribution >= 4 is 16.6 Å². The maximum absolute atomic E-state index is 12.9. The van der Waals surface area contributed by atoms with Crippen molar-refractivity contribution in [1.82, 2.24) is 4.98 Å². The Labute approximate surface area is 122 Å². The van der Waals surface area contributed by atoms with Crippen LogP contribution in [-0.2, 0) is 6.42 Å². The Morgan fingerprint density at radius 2 is 1.95 bits per heavy atom. The van der Waals surface area contributed by atoms with Crippen LogP contribution in [0.3, 0.4) is 0 Å². The van der Waals surface area contributed by atoms with Crippen LogP contribution in [-0.4, -0.2) is 17.4 Å². The van der Waals surface area contributed by atoms with Gasteiger partial charge in [0.15, 0.2) is 0 Å². The number of ketones is 1. The van der Waals surface area contributed by atoms with Crippen LogP contribution in [0.4, 0.5) is 0 Å². The lowest BCUT2D eigenvalue weighted by Gasteiger charge is -2.08. The van der Waals surface area contributed by atoms with Gasteiger partial charge in [0.2, 0.25) is 5.78 Å². The monoisotopic (exact) mass is 275 g/mol. The average Bonchev–Trinajstić information content (AvgIpc) is 3.02. The lowest BCUT2D eigenvalue weighted by Crippen LogP contribution is -2.06. The molecule has 3 aromatic rings. The number of rotatable bonds is 2. The van der Waals surface area contributed by atoms with Crippen molar-refractivity contribution in [1.29, 1.82) is 0 Å². The number of ether oxygens (including phenoxy) is 1. The summed E-state index contributed by atoms with van der Waals surface area (Å²) in [5.74, 6) is 0.641. The molecule has 4 rings (SSSR count). The third-order valence-corrected chi connectivity index (χ3v) is 3.85. The Hall–Kier alpha value is -2.68. The van der Waals surface area contributed by atoms with Gasteiger partial charge in [-0.05, 0) is 23.1 Å². The molecule has 0 bridgehead atoms. The zero-order chi connectivity index (χ0) is 14.2. The summed E-state index contributed by atoms with van der Waals surface area (Å²) in [6, 6.07) is 15.4.